The van der Waals surface area contributed by atoms with Crippen LogP contribution in [0.2, 0.25) is 0 Å². The number of nitrogens with zero attached hydrogens (tertiary/aromatic N) is 1. The molecule has 0 aromatic rings. The molecule has 1 N–H and O–H groups in total. The molecule has 0 spiro atoms. The summed E-state index contributed by atoms with van der Waals surface area (Å²) in [6.45, 7) is 5.98. The Morgan fingerprint density at radius 3 is 2.57 bits per heavy atom. The number of likely N-dealkylation sites (N-methyl/N-ethyl adjacent to an activating group) is 2. The SMILES string of the molecule is CCNC(CN(C)CCOCC1CC1)(C(=O)OC)C1CC1. The van der Waals surface area contributed by atoms with Crippen molar-refractivity contribution in [2.45, 2.75) is 38.1 Å². The van der Waals surface area contributed by atoms with Crippen molar-refractivity contribution in [3.8, 4) is 0 Å². The highest BCUT2D eigenvalue weighted by Gasteiger charge is 2.51. The van der Waals surface area contributed by atoms with Gasteiger partial charge in [-0.25, -0.2) is 4.79 Å². The molecule has 2 saturated carbocycles. The molecule has 0 aliphatic heterocycles. The van der Waals surface area contributed by atoms with Crippen LogP contribution >= 0.6 is 0 Å². The van der Waals surface area contributed by atoms with E-state index in [9.17, 15) is 4.79 Å². The lowest BCUT2D eigenvalue weighted by molar-refractivity contribution is -0.150. The first kappa shape index (κ1) is 16.7. The van der Waals surface area contributed by atoms with E-state index in [0.29, 0.717) is 12.5 Å². The molecule has 1 unspecified atom stereocenters. The summed E-state index contributed by atoms with van der Waals surface area (Å²) in [4.78, 5) is 14.5. The van der Waals surface area contributed by atoms with Gasteiger partial charge in [0, 0.05) is 19.7 Å². The van der Waals surface area contributed by atoms with Crippen molar-refractivity contribution in [2.75, 3.05) is 47.0 Å². The first-order valence-electron chi connectivity index (χ1n) is 8.22. The number of carbonyl (C=O) groups excluding carboxylic acids is 1. The fourth-order valence-corrected chi connectivity index (χ4v) is 2.97. The third-order valence-electron chi connectivity index (χ3n) is 4.50. The Labute approximate surface area is 128 Å². The Morgan fingerprint density at radius 2 is 2.05 bits per heavy atom. The normalized spacial score (nSPS) is 21.3. The van der Waals surface area contributed by atoms with Gasteiger partial charge >= 0.3 is 5.97 Å². The number of esters is 1. The molecule has 122 valence electrons. The molecule has 2 rings (SSSR count). The third kappa shape index (κ3) is 4.66. The molecule has 1 atom stereocenters. The second kappa shape index (κ2) is 7.56. The summed E-state index contributed by atoms with van der Waals surface area (Å²) in [6.07, 6.45) is 4.86. The second-order valence-electron chi connectivity index (χ2n) is 6.52. The number of ether oxygens (including phenoxy) is 2. The van der Waals surface area contributed by atoms with Crippen molar-refractivity contribution in [1.29, 1.82) is 0 Å². The van der Waals surface area contributed by atoms with Gasteiger partial charge in [-0.2, -0.15) is 0 Å². The average molecular weight is 298 g/mol. The van der Waals surface area contributed by atoms with Gasteiger partial charge < -0.3 is 19.7 Å². The van der Waals surface area contributed by atoms with Gasteiger partial charge in [0.25, 0.3) is 0 Å². The van der Waals surface area contributed by atoms with E-state index >= 15 is 0 Å². The molecular weight excluding hydrogens is 268 g/mol. The van der Waals surface area contributed by atoms with Crippen molar-refractivity contribution < 1.29 is 14.3 Å². The number of rotatable bonds is 11. The van der Waals surface area contributed by atoms with Gasteiger partial charge in [-0.1, -0.05) is 6.92 Å². The number of hydrogen-bond acceptors (Lipinski definition) is 5. The zero-order chi connectivity index (χ0) is 15.3. The van der Waals surface area contributed by atoms with Crippen molar-refractivity contribution in [3.05, 3.63) is 0 Å². The largest absolute Gasteiger partial charge is 0.468 e. The summed E-state index contributed by atoms with van der Waals surface area (Å²) >= 11 is 0. The molecule has 0 bridgehead atoms. The molecule has 2 aliphatic rings. The van der Waals surface area contributed by atoms with Gasteiger partial charge in [0.1, 0.15) is 5.54 Å². The Hall–Kier alpha value is -0.650. The van der Waals surface area contributed by atoms with Crippen LogP contribution in [0.15, 0.2) is 0 Å². The predicted molar refractivity (Wildman–Crippen MR) is 82.2 cm³/mol. The van der Waals surface area contributed by atoms with Gasteiger partial charge in [-0.3, -0.25) is 0 Å². The fraction of sp³-hybridized carbons (Fsp3) is 0.938. The molecule has 0 aromatic carbocycles. The molecule has 2 fully saturated rings. The zero-order valence-electron chi connectivity index (χ0n) is 13.7. The van der Waals surface area contributed by atoms with Crippen molar-refractivity contribution >= 4 is 5.97 Å². The van der Waals surface area contributed by atoms with Gasteiger partial charge in [0.15, 0.2) is 0 Å². The van der Waals surface area contributed by atoms with E-state index in [2.05, 4.69) is 17.3 Å². The zero-order valence-corrected chi connectivity index (χ0v) is 13.7. The van der Waals surface area contributed by atoms with E-state index in [0.717, 1.165) is 45.1 Å². The highest BCUT2D eigenvalue weighted by molar-refractivity contribution is 5.82. The first-order valence-corrected chi connectivity index (χ1v) is 8.22. The maximum Gasteiger partial charge on any atom is 0.327 e. The quantitative estimate of drug-likeness (QED) is 0.460. The summed E-state index contributed by atoms with van der Waals surface area (Å²) in [6, 6.07) is 0. The Morgan fingerprint density at radius 1 is 1.33 bits per heavy atom. The average Bonchev–Trinajstić information content (AvgIpc) is 3.34. The highest BCUT2D eigenvalue weighted by Crippen LogP contribution is 2.41. The minimum Gasteiger partial charge on any atom is -0.468 e. The van der Waals surface area contributed by atoms with Gasteiger partial charge in [-0.15, -0.1) is 0 Å². The fourth-order valence-electron chi connectivity index (χ4n) is 2.97. The van der Waals surface area contributed by atoms with Crippen LogP contribution in [0, 0.1) is 11.8 Å². The Kier molecular flexibility index (Phi) is 6.02. The van der Waals surface area contributed by atoms with Crippen molar-refractivity contribution in [2.24, 2.45) is 11.8 Å². The number of nitrogens with one attached hydrogen (secondary N) is 1. The summed E-state index contributed by atoms with van der Waals surface area (Å²) < 4.78 is 10.8. The monoisotopic (exact) mass is 298 g/mol. The summed E-state index contributed by atoms with van der Waals surface area (Å²) in [5.41, 5.74) is -0.547. The molecule has 0 amide bonds. The molecule has 21 heavy (non-hydrogen) atoms. The van der Waals surface area contributed by atoms with E-state index in [1.54, 1.807) is 0 Å². The van der Waals surface area contributed by atoms with Crippen LogP contribution in [0.4, 0.5) is 0 Å². The molecule has 0 saturated heterocycles. The van der Waals surface area contributed by atoms with E-state index < -0.39 is 5.54 Å². The van der Waals surface area contributed by atoms with Crippen LogP contribution in [-0.2, 0) is 14.3 Å². The molecular formula is C16H30N2O3. The van der Waals surface area contributed by atoms with E-state index in [1.807, 2.05) is 6.92 Å². The van der Waals surface area contributed by atoms with Gasteiger partial charge in [-0.05, 0) is 51.1 Å². The summed E-state index contributed by atoms with van der Waals surface area (Å²) in [5, 5.41) is 3.40. The highest BCUT2D eigenvalue weighted by atomic mass is 16.5. The number of carbonyl (C=O) groups is 1. The third-order valence-corrected chi connectivity index (χ3v) is 4.50. The summed E-state index contributed by atoms with van der Waals surface area (Å²) in [5.74, 6) is 1.08. The van der Waals surface area contributed by atoms with Gasteiger partial charge in [0.2, 0.25) is 0 Å². The Bertz CT molecular complexity index is 342. The predicted octanol–water partition coefficient (Wildman–Crippen LogP) is 1.28. The Balaban J connectivity index is 1.82. The standard InChI is InChI=1S/C16H30N2O3/c1-4-17-16(14-7-8-14,15(19)20-3)12-18(2)9-10-21-11-13-5-6-13/h13-14,17H,4-12H2,1-3H3. The molecule has 0 aromatic heterocycles. The lowest BCUT2D eigenvalue weighted by Crippen LogP contribution is -2.61. The number of hydrogen-bond donors (Lipinski definition) is 1. The summed E-state index contributed by atoms with van der Waals surface area (Å²) in [7, 11) is 3.54. The topological polar surface area (TPSA) is 50.8 Å². The van der Waals surface area contributed by atoms with Crippen LogP contribution in [0.25, 0.3) is 0 Å². The molecule has 0 heterocycles. The molecule has 5 heteroatoms. The number of methoxy groups -OCH3 is 1. The maximum absolute atomic E-state index is 12.3. The van der Waals surface area contributed by atoms with Crippen LogP contribution in [0.5, 0.6) is 0 Å². The smallest absolute Gasteiger partial charge is 0.327 e. The van der Waals surface area contributed by atoms with Crippen molar-refractivity contribution in [3.63, 3.8) is 0 Å². The van der Waals surface area contributed by atoms with Crippen molar-refractivity contribution in [1.82, 2.24) is 10.2 Å². The van der Waals surface area contributed by atoms with Gasteiger partial charge in [0.05, 0.1) is 13.7 Å². The van der Waals surface area contributed by atoms with E-state index in [4.69, 9.17) is 9.47 Å². The lowest BCUT2D eigenvalue weighted by Gasteiger charge is -2.35. The second-order valence-corrected chi connectivity index (χ2v) is 6.52. The molecule has 2 aliphatic carbocycles. The van der Waals surface area contributed by atoms with Crippen LogP contribution in [0.3, 0.4) is 0 Å². The van der Waals surface area contributed by atoms with E-state index in [-0.39, 0.29) is 5.97 Å². The molecule has 0 radical (unpaired) electrons. The van der Waals surface area contributed by atoms with Crippen LogP contribution in [-0.4, -0.2) is 63.4 Å². The maximum atomic E-state index is 12.3. The molecule has 5 nitrogen and oxygen atoms in total. The first-order chi connectivity index (χ1) is 10.1. The van der Waals surface area contributed by atoms with E-state index in [1.165, 1.54) is 20.0 Å². The minimum atomic E-state index is -0.547. The minimum absolute atomic E-state index is 0.127. The van der Waals surface area contributed by atoms with Crippen LogP contribution < -0.4 is 5.32 Å². The van der Waals surface area contributed by atoms with Crippen LogP contribution in [0.1, 0.15) is 32.6 Å². The lowest BCUT2D eigenvalue weighted by atomic mass is 9.92.